The number of nitrogens with one attached hydrogen (secondary N) is 1. The second-order valence-corrected chi connectivity index (χ2v) is 4.82. The third-order valence-corrected chi connectivity index (χ3v) is 3.46. The summed E-state index contributed by atoms with van der Waals surface area (Å²) in [6.45, 7) is 4.28. The van der Waals surface area contributed by atoms with E-state index in [1.54, 1.807) is 0 Å². The van der Waals surface area contributed by atoms with Crippen LogP contribution in [0.2, 0.25) is 0 Å². The molecule has 4 heteroatoms. The van der Waals surface area contributed by atoms with Gasteiger partial charge in [0.1, 0.15) is 0 Å². The number of likely N-dealkylation sites (tertiary alicyclic amines) is 1. The van der Waals surface area contributed by atoms with E-state index >= 15 is 0 Å². The Labute approximate surface area is 97.3 Å². The van der Waals surface area contributed by atoms with Crippen LogP contribution in [0.3, 0.4) is 0 Å². The fourth-order valence-corrected chi connectivity index (χ4v) is 2.36. The van der Waals surface area contributed by atoms with E-state index in [0.29, 0.717) is 5.92 Å². The smallest absolute Gasteiger partial charge is 0.317 e. The van der Waals surface area contributed by atoms with E-state index in [0.717, 1.165) is 52.1 Å². The van der Waals surface area contributed by atoms with E-state index in [4.69, 9.17) is 4.74 Å². The number of carbonyl (C=O) groups is 1. The minimum Gasteiger partial charge on any atom is -0.381 e. The summed E-state index contributed by atoms with van der Waals surface area (Å²) in [5, 5.41) is 3.03. The number of carbonyl (C=O) groups excluding carboxylic acids is 1. The van der Waals surface area contributed by atoms with Gasteiger partial charge in [-0.1, -0.05) is 12.8 Å². The Balaban J connectivity index is 1.69. The molecule has 1 unspecified atom stereocenters. The molecule has 0 aromatic rings. The van der Waals surface area contributed by atoms with Crippen molar-refractivity contribution in [1.82, 2.24) is 10.2 Å². The van der Waals surface area contributed by atoms with Crippen LogP contribution < -0.4 is 5.32 Å². The lowest BCUT2D eigenvalue weighted by Gasteiger charge is -2.21. The molecule has 2 rings (SSSR count). The molecule has 16 heavy (non-hydrogen) atoms. The summed E-state index contributed by atoms with van der Waals surface area (Å²) in [6.07, 6.45) is 5.92. The maximum atomic E-state index is 11.9. The van der Waals surface area contributed by atoms with Gasteiger partial charge in [0, 0.05) is 32.2 Å². The normalized spacial score (nSPS) is 26.5. The standard InChI is InChI=1S/C12H22N2O2/c15-12(13-9-11-5-8-16-10-11)14-6-3-1-2-4-7-14/h11H,1-10H2,(H,13,15). The largest absolute Gasteiger partial charge is 0.381 e. The number of urea groups is 1. The predicted molar refractivity (Wildman–Crippen MR) is 62.4 cm³/mol. The van der Waals surface area contributed by atoms with Gasteiger partial charge in [0.05, 0.1) is 6.61 Å². The van der Waals surface area contributed by atoms with Gasteiger partial charge in [-0.25, -0.2) is 4.79 Å². The third kappa shape index (κ3) is 3.37. The minimum absolute atomic E-state index is 0.119. The monoisotopic (exact) mass is 226 g/mol. The van der Waals surface area contributed by atoms with E-state index in [-0.39, 0.29) is 6.03 Å². The predicted octanol–water partition coefficient (Wildman–Crippen LogP) is 1.61. The lowest BCUT2D eigenvalue weighted by Crippen LogP contribution is -2.42. The highest BCUT2D eigenvalue weighted by molar-refractivity contribution is 5.74. The summed E-state index contributed by atoms with van der Waals surface area (Å²) < 4.78 is 5.29. The number of nitrogens with zero attached hydrogens (tertiary/aromatic N) is 1. The Morgan fingerprint density at radius 2 is 2.00 bits per heavy atom. The van der Waals surface area contributed by atoms with Crippen LogP contribution in [0.15, 0.2) is 0 Å². The zero-order valence-corrected chi connectivity index (χ0v) is 9.91. The number of amides is 2. The minimum atomic E-state index is 0.119. The first-order valence-corrected chi connectivity index (χ1v) is 6.47. The number of hydrogen-bond acceptors (Lipinski definition) is 2. The van der Waals surface area contributed by atoms with Crippen LogP contribution in [-0.2, 0) is 4.74 Å². The molecule has 92 valence electrons. The van der Waals surface area contributed by atoms with Gasteiger partial charge in [0.2, 0.25) is 0 Å². The van der Waals surface area contributed by atoms with E-state index in [1.165, 1.54) is 12.8 Å². The molecule has 2 fully saturated rings. The highest BCUT2D eigenvalue weighted by Gasteiger charge is 2.19. The Kier molecular flexibility index (Phi) is 4.45. The lowest BCUT2D eigenvalue weighted by atomic mass is 10.1. The molecule has 0 bridgehead atoms. The molecule has 2 aliphatic heterocycles. The van der Waals surface area contributed by atoms with Crippen molar-refractivity contribution in [1.29, 1.82) is 0 Å². The van der Waals surface area contributed by atoms with Gasteiger partial charge in [-0.15, -0.1) is 0 Å². The molecule has 0 aromatic heterocycles. The van der Waals surface area contributed by atoms with E-state index in [9.17, 15) is 4.79 Å². The van der Waals surface area contributed by atoms with Crippen LogP contribution in [0.5, 0.6) is 0 Å². The fraction of sp³-hybridized carbons (Fsp3) is 0.917. The van der Waals surface area contributed by atoms with Crippen LogP contribution in [0.1, 0.15) is 32.1 Å². The average molecular weight is 226 g/mol. The zero-order valence-electron chi connectivity index (χ0n) is 9.91. The Morgan fingerprint density at radius 1 is 1.25 bits per heavy atom. The van der Waals surface area contributed by atoms with Crippen molar-refractivity contribution >= 4 is 6.03 Å². The molecule has 0 aromatic carbocycles. The van der Waals surface area contributed by atoms with Gasteiger partial charge >= 0.3 is 6.03 Å². The molecule has 2 aliphatic rings. The van der Waals surface area contributed by atoms with Gasteiger partial charge in [-0.2, -0.15) is 0 Å². The second-order valence-electron chi connectivity index (χ2n) is 4.82. The molecule has 2 amide bonds. The molecule has 1 N–H and O–H groups in total. The number of rotatable bonds is 2. The summed E-state index contributed by atoms with van der Waals surface area (Å²) in [6, 6.07) is 0.119. The molecule has 2 heterocycles. The first-order chi connectivity index (χ1) is 7.86. The summed E-state index contributed by atoms with van der Waals surface area (Å²) in [5.74, 6) is 0.524. The van der Waals surface area contributed by atoms with E-state index in [2.05, 4.69) is 5.32 Å². The van der Waals surface area contributed by atoms with Crippen molar-refractivity contribution in [2.45, 2.75) is 32.1 Å². The zero-order chi connectivity index (χ0) is 11.2. The van der Waals surface area contributed by atoms with E-state index in [1.807, 2.05) is 4.90 Å². The molecule has 0 aliphatic carbocycles. The second kappa shape index (κ2) is 6.09. The average Bonchev–Trinajstić information content (AvgIpc) is 2.66. The summed E-state index contributed by atoms with van der Waals surface area (Å²) in [7, 11) is 0. The molecule has 0 spiro atoms. The van der Waals surface area contributed by atoms with Crippen LogP contribution in [0.4, 0.5) is 4.79 Å². The Bertz CT molecular complexity index is 219. The Morgan fingerprint density at radius 3 is 2.62 bits per heavy atom. The van der Waals surface area contributed by atoms with Gasteiger partial charge in [0.25, 0.3) is 0 Å². The van der Waals surface area contributed by atoms with Crippen molar-refractivity contribution in [3.05, 3.63) is 0 Å². The highest BCUT2D eigenvalue weighted by Crippen LogP contribution is 2.12. The van der Waals surface area contributed by atoms with Crippen molar-refractivity contribution in [2.24, 2.45) is 5.92 Å². The molecule has 0 saturated carbocycles. The van der Waals surface area contributed by atoms with Crippen molar-refractivity contribution < 1.29 is 9.53 Å². The molecular formula is C12H22N2O2. The molecule has 2 saturated heterocycles. The third-order valence-electron chi connectivity index (χ3n) is 3.46. The molecule has 1 atom stereocenters. The van der Waals surface area contributed by atoms with Crippen LogP contribution in [-0.4, -0.2) is 43.8 Å². The summed E-state index contributed by atoms with van der Waals surface area (Å²) >= 11 is 0. The van der Waals surface area contributed by atoms with Gasteiger partial charge < -0.3 is 15.0 Å². The quantitative estimate of drug-likeness (QED) is 0.777. The fourth-order valence-electron chi connectivity index (χ4n) is 2.36. The Hall–Kier alpha value is -0.770. The van der Waals surface area contributed by atoms with Gasteiger partial charge in [-0.05, 0) is 19.3 Å². The van der Waals surface area contributed by atoms with E-state index < -0.39 is 0 Å². The van der Waals surface area contributed by atoms with Gasteiger partial charge in [0.15, 0.2) is 0 Å². The highest BCUT2D eigenvalue weighted by atomic mass is 16.5. The summed E-state index contributed by atoms with van der Waals surface area (Å²) in [5.41, 5.74) is 0. The lowest BCUT2D eigenvalue weighted by molar-refractivity contribution is 0.181. The SMILES string of the molecule is O=C(NCC1CCOC1)N1CCCCCC1. The first-order valence-electron chi connectivity index (χ1n) is 6.47. The van der Waals surface area contributed by atoms with Crippen LogP contribution >= 0.6 is 0 Å². The van der Waals surface area contributed by atoms with Crippen molar-refractivity contribution in [3.63, 3.8) is 0 Å². The maximum Gasteiger partial charge on any atom is 0.317 e. The van der Waals surface area contributed by atoms with Crippen LogP contribution in [0, 0.1) is 5.92 Å². The first kappa shape index (κ1) is 11.7. The molecule has 0 radical (unpaired) electrons. The molecule has 4 nitrogen and oxygen atoms in total. The molecular weight excluding hydrogens is 204 g/mol. The number of hydrogen-bond donors (Lipinski definition) is 1. The summed E-state index contributed by atoms with van der Waals surface area (Å²) in [4.78, 5) is 13.8. The topological polar surface area (TPSA) is 41.6 Å². The number of ether oxygens (including phenoxy) is 1. The van der Waals surface area contributed by atoms with Crippen molar-refractivity contribution in [3.8, 4) is 0 Å². The maximum absolute atomic E-state index is 11.9. The van der Waals surface area contributed by atoms with Crippen molar-refractivity contribution in [2.75, 3.05) is 32.8 Å². The van der Waals surface area contributed by atoms with Crippen LogP contribution in [0.25, 0.3) is 0 Å². The van der Waals surface area contributed by atoms with Gasteiger partial charge in [-0.3, -0.25) is 0 Å².